The van der Waals surface area contributed by atoms with E-state index in [1.807, 2.05) is 41.9 Å². The Labute approximate surface area is 221 Å². The van der Waals surface area contributed by atoms with Crippen molar-refractivity contribution in [2.75, 3.05) is 20.2 Å². The number of rotatable bonds is 8. The second kappa shape index (κ2) is 11.1. The van der Waals surface area contributed by atoms with Gasteiger partial charge in [0.2, 0.25) is 0 Å². The molecular weight excluding hydrogens is 486 g/mol. The van der Waals surface area contributed by atoms with Crippen molar-refractivity contribution in [3.63, 3.8) is 0 Å². The van der Waals surface area contributed by atoms with Gasteiger partial charge in [-0.25, -0.2) is 13.5 Å². The van der Waals surface area contributed by atoms with E-state index in [1.54, 1.807) is 36.3 Å². The van der Waals surface area contributed by atoms with Crippen LogP contribution >= 0.6 is 0 Å². The summed E-state index contributed by atoms with van der Waals surface area (Å²) in [4.78, 5) is 17.3. The van der Waals surface area contributed by atoms with E-state index < -0.39 is 11.6 Å². The number of carbonyl (C=O) groups is 1. The molecular formula is C30H30F2N4O2. The molecule has 0 aliphatic carbocycles. The molecule has 0 saturated carbocycles. The lowest BCUT2D eigenvalue weighted by molar-refractivity contribution is 0.0749. The van der Waals surface area contributed by atoms with Gasteiger partial charge in [0.15, 0.2) is 0 Å². The average molecular weight is 517 g/mol. The highest BCUT2D eigenvalue weighted by Crippen LogP contribution is 2.28. The van der Waals surface area contributed by atoms with Gasteiger partial charge in [-0.15, -0.1) is 0 Å². The van der Waals surface area contributed by atoms with E-state index in [2.05, 4.69) is 4.90 Å². The summed E-state index contributed by atoms with van der Waals surface area (Å²) in [5, 5.41) is 4.97. The zero-order valence-electron chi connectivity index (χ0n) is 21.5. The maximum atomic E-state index is 14.4. The van der Waals surface area contributed by atoms with Gasteiger partial charge in [0, 0.05) is 49.3 Å². The van der Waals surface area contributed by atoms with Crippen molar-refractivity contribution < 1.29 is 18.3 Å². The van der Waals surface area contributed by atoms with E-state index in [4.69, 9.17) is 9.84 Å². The van der Waals surface area contributed by atoms with Crippen LogP contribution in [0.15, 0.2) is 72.8 Å². The predicted molar refractivity (Wildman–Crippen MR) is 141 cm³/mol. The second-order valence-corrected chi connectivity index (χ2v) is 9.37. The molecule has 0 atom stereocenters. The van der Waals surface area contributed by atoms with Crippen LogP contribution in [0.3, 0.4) is 0 Å². The Kier molecular flexibility index (Phi) is 7.51. The lowest BCUT2D eigenvalue weighted by atomic mass is 10.0. The molecule has 0 saturated heterocycles. The smallest absolute Gasteiger partial charge is 0.254 e. The van der Waals surface area contributed by atoms with Crippen molar-refractivity contribution in [2.45, 2.75) is 33.0 Å². The van der Waals surface area contributed by atoms with Gasteiger partial charge in [-0.2, -0.15) is 5.10 Å². The molecule has 196 valence electrons. The van der Waals surface area contributed by atoms with Crippen LogP contribution in [0.1, 0.15) is 39.8 Å². The molecule has 5 rings (SSSR count). The van der Waals surface area contributed by atoms with Crippen LogP contribution in [0.4, 0.5) is 8.78 Å². The van der Waals surface area contributed by atoms with Crippen LogP contribution in [0, 0.1) is 11.6 Å². The van der Waals surface area contributed by atoms with Gasteiger partial charge in [-0.3, -0.25) is 9.69 Å². The molecule has 1 aromatic heterocycles. The number of nitrogens with zero attached hydrogens (tertiary/aromatic N) is 4. The molecule has 0 unspecified atom stereocenters. The van der Waals surface area contributed by atoms with E-state index in [-0.39, 0.29) is 5.91 Å². The minimum Gasteiger partial charge on any atom is -0.497 e. The highest BCUT2D eigenvalue weighted by atomic mass is 19.1. The monoisotopic (exact) mass is 516 g/mol. The zero-order valence-corrected chi connectivity index (χ0v) is 21.5. The Morgan fingerprint density at radius 2 is 1.87 bits per heavy atom. The van der Waals surface area contributed by atoms with Crippen molar-refractivity contribution in [1.29, 1.82) is 0 Å². The number of aromatic nitrogens is 2. The number of amides is 1. The minimum absolute atomic E-state index is 0.107. The summed E-state index contributed by atoms with van der Waals surface area (Å²) >= 11 is 0. The number of fused-ring (bicyclic) bond motifs is 1. The van der Waals surface area contributed by atoms with Crippen LogP contribution in [0.25, 0.3) is 5.69 Å². The molecule has 0 spiro atoms. The minimum atomic E-state index is -0.452. The molecule has 1 amide bonds. The van der Waals surface area contributed by atoms with Crippen molar-refractivity contribution in [3.8, 4) is 11.4 Å². The highest BCUT2D eigenvalue weighted by Gasteiger charge is 2.28. The number of hydrogen-bond acceptors (Lipinski definition) is 4. The Bertz CT molecular complexity index is 1440. The molecule has 2 heterocycles. The number of hydrogen-bond donors (Lipinski definition) is 0. The first-order chi connectivity index (χ1) is 18.5. The first-order valence-electron chi connectivity index (χ1n) is 12.7. The average Bonchev–Trinajstić information content (AvgIpc) is 3.31. The van der Waals surface area contributed by atoms with Gasteiger partial charge in [0.25, 0.3) is 5.91 Å². The second-order valence-electron chi connectivity index (χ2n) is 9.37. The Morgan fingerprint density at radius 3 is 2.63 bits per heavy atom. The molecule has 1 aliphatic heterocycles. The predicted octanol–water partition coefficient (Wildman–Crippen LogP) is 5.38. The van der Waals surface area contributed by atoms with E-state index >= 15 is 0 Å². The lowest BCUT2D eigenvalue weighted by Gasteiger charge is -2.28. The van der Waals surface area contributed by atoms with Crippen molar-refractivity contribution in [2.24, 2.45) is 0 Å². The van der Waals surface area contributed by atoms with Gasteiger partial charge in [-0.05, 0) is 55.5 Å². The quantitative estimate of drug-likeness (QED) is 0.316. The summed E-state index contributed by atoms with van der Waals surface area (Å²) in [6.07, 6.45) is 0.699. The topological polar surface area (TPSA) is 50.6 Å². The molecule has 0 N–H and O–H groups in total. The number of carbonyl (C=O) groups excluding carboxylic acids is 1. The van der Waals surface area contributed by atoms with Crippen molar-refractivity contribution >= 4 is 5.91 Å². The van der Waals surface area contributed by atoms with Crippen LogP contribution in [-0.2, 0) is 26.1 Å². The van der Waals surface area contributed by atoms with E-state index in [9.17, 15) is 13.6 Å². The van der Waals surface area contributed by atoms with Crippen LogP contribution in [0.5, 0.6) is 5.75 Å². The third-order valence-electron chi connectivity index (χ3n) is 6.95. The highest BCUT2D eigenvalue weighted by molar-refractivity contribution is 5.94. The number of ether oxygens (including phenoxy) is 1. The summed E-state index contributed by atoms with van der Waals surface area (Å²) in [6.45, 7) is 4.27. The largest absolute Gasteiger partial charge is 0.497 e. The van der Waals surface area contributed by atoms with Crippen LogP contribution < -0.4 is 4.74 Å². The zero-order chi connectivity index (χ0) is 26.6. The molecule has 0 radical (unpaired) electrons. The molecule has 3 aromatic carbocycles. The summed E-state index contributed by atoms with van der Waals surface area (Å²) in [7, 11) is 1.57. The molecule has 1 aliphatic rings. The number of methoxy groups -OCH3 is 1. The normalized spacial score (nSPS) is 13.3. The van der Waals surface area contributed by atoms with E-state index in [1.165, 1.54) is 12.1 Å². The van der Waals surface area contributed by atoms with Crippen LogP contribution in [-0.4, -0.2) is 45.7 Å². The first kappa shape index (κ1) is 25.6. The standard InChI is InChI=1S/C30H30F2N4O2/c1-3-35(30(37)21-8-7-11-25(17-21)38-2)20-28-26-19-34(18-22-16-23(31)12-13-27(22)32)15-14-29(26)36(33-28)24-9-5-4-6-10-24/h4-13,16-17H,3,14-15,18-20H2,1-2H3. The lowest BCUT2D eigenvalue weighted by Crippen LogP contribution is -2.33. The van der Waals surface area contributed by atoms with Gasteiger partial charge in [0.05, 0.1) is 30.7 Å². The number of halogens is 2. The van der Waals surface area contributed by atoms with Gasteiger partial charge >= 0.3 is 0 Å². The number of para-hydroxylation sites is 1. The third kappa shape index (κ3) is 5.31. The Balaban J connectivity index is 1.47. The number of benzene rings is 3. The SMILES string of the molecule is CCN(Cc1nn(-c2ccccc2)c2c1CN(Cc1cc(F)ccc1F)CC2)C(=O)c1cccc(OC)c1. The third-order valence-corrected chi connectivity index (χ3v) is 6.95. The molecule has 0 fully saturated rings. The summed E-state index contributed by atoms with van der Waals surface area (Å²) < 4.78 is 35.4. The Hall–Kier alpha value is -4.04. The first-order valence-corrected chi connectivity index (χ1v) is 12.7. The molecule has 4 aromatic rings. The fraction of sp³-hybridized carbons (Fsp3) is 0.267. The van der Waals surface area contributed by atoms with E-state index in [0.717, 1.165) is 28.7 Å². The molecule has 0 bridgehead atoms. The maximum absolute atomic E-state index is 14.4. The molecule has 6 nitrogen and oxygen atoms in total. The maximum Gasteiger partial charge on any atom is 0.254 e. The van der Waals surface area contributed by atoms with Gasteiger partial charge in [0.1, 0.15) is 17.4 Å². The van der Waals surface area contributed by atoms with Crippen LogP contribution in [0.2, 0.25) is 0 Å². The summed E-state index contributed by atoms with van der Waals surface area (Å²) in [5.41, 5.74) is 4.72. The van der Waals surface area contributed by atoms with Crippen molar-refractivity contribution in [1.82, 2.24) is 19.6 Å². The van der Waals surface area contributed by atoms with Crippen molar-refractivity contribution in [3.05, 3.63) is 113 Å². The van der Waals surface area contributed by atoms with Gasteiger partial charge in [-0.1, -0.05) is 24.3 Å². The van der Waals surface area contributed by atoms with Gasteiger partial charge < -0.3 is 9.64 Å². The summed E-state index contributed by atoms with van der Waals surface area (Å²) in [5.74, 6) is -0.355. The fourth-order valence-corrected chi connectivity index (χ4v) is 4.94. The Morgan fingerprint density at radius 1 is 1.05 bits per heavy atom. The summed E-state index contributed by atoms with van der Waals surface area (Å²) in [6, 6.07) is 20.6. The molecule has 38 heavy (non-hydrogen) atoms. The molecule has 8 heteroatoms. The van der Waals surface area contributed by atoms with E-state index in [0.29, 0.717) is 56.0 Å². The fourth-order valence-electron chi connectivity index (χ4n) is 4.94.